The summed E-state index contributed by atoms with van der Waals surface area (Å²) in [5.74, 6) is 2.91. The monoisotopic (exact) mass is 620 g/mol. The Balaban J connectivity index is 3.26. The molecule has 0 atom stereocenters. The molecule has 0 aliphatic rings. The minimum atomic E-state index is 0.0142. The fraction of sp³-hybridized carbons (Fsp3) is 0.923. The second-order valence-corrected chi connectivity index (χ2v) is 12.0. The number of unbranched alkanes of at least 4 members (excludes halogenated alkanes) is 6. The van der Waals surface area contributed by atoms with Gasteiger partial charge in [-0.1, -0.05) is 47.3 Å². The van der Waals surface area contributed by atoms with E-state index in [4.69, 9.17) is 42.1 Å². The highest BCUT2D eigenvalue weighted by atomic mass is 35.5. The first-order chi connectivity index (χ1) is 18.7. The van der Waals surface area contributed by atoms with E-state index in [0.29, 0.717) is 77.1 Å². The summed E-state index contributed by atoms with van der Waals surface area (Å²) in [5.41, 5.74) is 0. The number of alkyl halides is 2. The van der Waals surface area contributed by atoms with Gasteiger partial charge in [-0.15, -0.1) is 23.2 Å². The first-order valence-corrected chi connectivity index (χ1v) is 17.5. The maximum Gasteiger partial charge on any atom is 0.220 e. The molecule has 0 radical (unpaired) electrons. The lowest BCUT2D eigenvalue weighted by Crippen LogP contribution is -2.28. The molecule has 0 heterocycles. The normalized spacial score (nSPS) is 11.1. The Morgan fingerprint density at radius 2 is 0.868 bits per heavy atom. The van der Waals surface area contributed by atoms with E-state index in [2.05, 4.69) is 10.6 Å². The van der Waals surface area contributed by atoms with Crippen molar-refractivity contribution in [3.63, 3.8) is 0 Å². The van der Waals surface area contributed by atoms with Crippen molar-refractivity contribution >= 4 is 56.6 Å². The fourth-order valence-electron chi connectivity index (χ4n) is 3.04. The van der Waals surface area contributed by atoms with Crippen molar-refractivity contribution in [2.45, 2.75) is 64.2 Å². The van der Waals surface area contributed by atoms with Gasteiger partial charge in [0.25, 0.3) is 0 Å². The molecule has 2 N–H and O–H groups in total. The number of hydrogen-bond donors (Lipinski definition) is 2. The van der Waals surface area contributed by atoms with Crippen molar-refractivity contribution < 1.29 is 28.5 Å². The van der Waals surface area contributed by atoms with Gasteiger partial charge in [0, 0.05) is 62.4 Å². The van der Waals surface area contributed by atoms with Crippen LogP contribution in [0.2, 0.25) is 0 Å². The topological polar surface area (TPSA) is 95.1 Å². The minimum Gasteiger partial charge on any atom is -0.379 e. The summed E-state index contributed by atoms with van der Waals surface area (Å²) in [4.78, 5) is 23.7. The van der Waals surface area contributed by atoms with Gasteiger partial charge in [-0.05, 0) is 25.7 Å². The van der Waals surface area contributed by atoms with Crippen LogP contribution < -0.4 is 10.6 Å². The molecule has 0 aliphatic heterocycles. The zero-order chi connectivity index (χ0) is 27.8. The molecule has 0 aromatic rings. The van der Waals surface area contributed by atoms with E-state index in [1.165, 1.54) is 0 Å². The van der Waals surface area contributed by atoms with Crippen LogP contribution in [0.3, 0.4) is 0 Å². The number of carbonyl (C=O) groups is 2. The second kappa shape index (κ2) is 33.3. The third-order valence-electron chi connectivity index (χ3n) is 5.13. The molecular formula is C26H50Cl2N2O6S2. The van der Waals surface area contributed by atoms with E-state index < -0.39 is 0 Å². The molecule has 0 aromatic carbocycles. The van der Waals surface area contributed by atoms with Crippen LogP contribution in [0.5, 0.6) is 0 Å². The average Bonchev–Trinajstić information content (AvgIpc) is 2.91. The number of carbonyl (C=O) groups excluding carboxylic acids is 2. The molecule has 0 aliphatic carbocycles. The lowest BCUT2D eigenvalue weighted by Gasteiger charge is -2.08. The predicted molar refractivity (Wildman–Crippen MR) is 162 cm³/mol. The van der Waals surface area contributed by atoms with Crippen LogP contribution >= 0.6 is 44.8 Å². The highest BCUT2D eigenvalue weighted by molar-refractivity contribution is 8.76. The number of amides is 2. The van der Waals surface area contributed by atoms with Crippen LogP contribution in [-0.2, 0) is 28.5 Å². The van der Waals surface area contributed by atoms with E-state index in [1.807, 2.05) is 0 Å². The van der Waals surface area contributed by atoms with Crippen LogP contribution in [0.4, 0.5) is 0 Å². The molecule has 0 rings (SSSR count). The molecular weight excluding hydrogens is 571 g/mol. The Hall–Kier alpha value is 0.0600. The molecule has 226 valence electrons. The Bertz CT molecular complexity index is 484. The first kappa shape index (κ1) is 38.1. The van der Waals surface area contributed by atoms with Gasteiger partial charge in [-0.25, -0.2) is 0 Å². The van der Waals surface area contributed by atoms with Crippen LogP contribution in [-0.4, -0.2) is 101 Å². The second-order valence-electron chi connectivity index (χ2n) is 8.50. The molecule has 0 saturated heterocycles. The summed E-state index contributed by atoms with van der Waals surface area (Å²) in [6.07, 6.45) is 9.75. The van der Waals surface area contributed by atoms with Crippen molar-refractivity contribution in [2.24, 2.45) is 0 Å². The minimum absolute atomic E-state index is 0.0142. The Kier molecular flexibility index (Phi) is 33.3. The van der Waals surface area contributed by atoms with E-state index >= 15 is 0 Å². The number of halogens is 2. The summed E-state index contributed by atoms with van der Waals surface area (Å²) in [7, 11) is 3.22. The quantitative estimate of drug-likeness (QED) is 0.0632. The van der Waals surface area contributed by atoms with Crippen molar-refractivity contribution in [1.82, 2.24) is 10.6 Å². The lowest BCUT2D eigenvalue weighted by molar-refractivity contribution is -0.121. The Morgan fingerprint density at radius 1 is 0.500 bits per heavy atom. The van der Waals surface area contributed by atoms with Crippen molar-refractivity contribution in [1.29, 1.82) is 0 Å². The lowest BCUT2D eigenvalue weighted by atomic mass is 10.2. The van der Waals surface area contributed by atoms with Crippen molar-refractivity contribution in [3.8, 4) is 0 Å². The summed E-state index contributed by atoms with van der Waals surface area (Å²) in [5, 5.41) is 5.71. The smallest absolute Gasteiger partial charge is 0.220 e. The van der Waals surface area contributed by atoms with Gasteiger partial charge in [0.2, 0.25) is 11.8 Å². The summed E-state index contributed by atoms with van der Waals surface area (Å²) in [6.45, 7) is 5.71. The van der Waals surface area contributed by atoms with E-state index in [1.54, 1.807) is 21.6 Å². The standard InChI is InChI=1S/C26H50Cl2N2O6S2/c27-11-5-1-3-7-15-33-19-21-35-17-13-29-25(31)9-23-37-38-24-10-26(32)30-14-18-36-22-20-34-16-8-4-2-6-12-28/h1-24H2,(H,29,31)(H,30,32). The number of hydrogen-bond acceptors (Lipinski definition) is 8. The summed E-state index contributed by atoms with van der Waals surface area (Å²) >= 11 is 11.3. The molecule has 0 aromatic heterocycles. The van der Waals surface area contributed by atoms with Gasteiger partial charge in [0.15, 0.2) is 0 Å². The number of nitrogens with one attached hydrogen (secondary N) is 2. The van der Waals surface area contributed by atoms with Crippen LogP contribution in [0.1, 0.15) is 64.2 Å². The Morgan fingerprint density at radius 3 is 1.26 bits per heavy atom. The zero-order valence-corrected chi connectivity index (χ0v) is 26.1. The highest BCUT2D eigenvalue weighted by Crippen LogP contribution is 2.22. The molecule has 38 heavy (non-hydrogen) atoms. The third kappa shape index (κ3) is 32.3. The van der Waals surface area contributed by atoms with Gasteiger partial charge in [0.1, 0.15) is 0 Å². The van der Waals surface area contributed by atoms with Crippen molar-refractivity contribution in [2.75, 3.05) is 89.2 Å². The van der Waals surface area contributed by atoms with Crippen LogP contribution in [0.15, 0.2) is 0 Å². The van der Waals surface area contributed by atoms with E-state index in [0.717, 1.165) is 76.3 Å². The molecule has 12 heteroatoms. The molecule has 0 saturated carbocycles. The summed E-state index contributed by atoms with van der Waals surface area (Å²) in [6, 6.07) is 0. The molecule has 0 spiro atoms. The van der Waals surface area contributed by atoms with Gasteiger partial charge in [-0.3, -0.25) is 9.59 Å². The number of ether oxygens (including phenoxy) is 4. The first-order valence-electron chi connectivity index (χ1n) is 13.9. The average molecular weight is 622 g/mol. The summed E-state index contributed by atoms with van der Waals surface area (Å²) < 4.78 is 21.9. The molecule has 8 nitrogen and oxygen atoms in total. The van der Waals surface area contributed by atoms with Gasteiger partial charge in [0.05, 0.1) is 39.6 Å². The fourth-order valence-corrected chi connectivity index (χ4v) is 5.40. The molecule has 0 unspecified atom stereocenters. The maximum absolute atomic E-state index is 11.8. The third-order valence-corrected chi connectivity index (χ3v) is 8.08. The van der Waals surface area contributed by atoms with E-state index in [9.17, 15) is 9.59 Å². The SMILES string of the molecule is O=C(CCSSCCC(=O)NCCOCCOCCCCCCCl)NCCOCCOCCCCCCCl. The molecule has 2 amide bonds. The Labute approximate surface area is 248 Å². The number of rotatable bonds is 31. The predicted octanol–water partition coefficient (Wildman–Crippen LogP) is 5.05. The van der Waals surface area contributed by atoms with Gasteiger partial charge < -0.3 is 29.6 Å². The van der Waals surface area contributed by atoms with Gasteiger partial charge in [-0.2, -0.15) is 0 Å². The zero-order valence-electron chi connectivity index (χ0n) is 23.0. The van der Waals surface area contributed by atoms with Crippen LogP contribution in [0, 0.1) is 0 Å². The highest BCUT2D eigenvalue weighted by Gasteiger charge is 2.04. The van der Waals surface area contributed by atoms with Crippen molar-refractivity contribution in [3.05, 3.63) is 0 Å². The molecule has 0 fully saturated rings. The largest absolute Gasteiger partial charge is 0.379 e. The van der Waals surface area contributed by atoms with Gasteiger partial charge >= 0.3 is 0 Å². The van der Waals surface area contributed by atoms with Crippen LogP contribution in [0.25, 0.3) is 0 Å². The maximum atomic E-state index is 11.8. The van der Waals surface area contributed by atoms with E-state index in [-0.39, 0.29) is 11.8 Å². The molecule has 0 bridgehead atoms.